The van der Waals surface area contributed by atoms with Gasteiger partial charge in [0.1, 0.15) is 5.75 Å². The monoisotopic (exact) mass is 275 g/mol. The number of rotatable bonds is 4. The summed E-state index contributed by atoms with van der Waals surface area (Å²) in [6, 6.07) is 6.43. The van der Waals surface area contributed by atoms with E-state index in [2.05, 4.69) is 17.9 Å². The van der Waals surface area contributed by atoms with Crippen LogP contribution in [0.1, 0.15) is 49.8 Å². The van der Waals surface area contributed by atoms with Crippen LogP contribution >= 0.6 is 0 Å². The smallest absolute Gasteiger partial charge is 0.119 e. The van der Waals surface area contributed by atoms with Crippen molar-refractivity contribution in [1.82, 2.24) is 4.90 Å². The highest BCUT2D eigenvalue weighted by atomic mass is 16.5. The number of nitrogens with zero attached hydrogens (tertiary/aromatic N) is 1. The van der Waals surface area contributed by atoms with Gasteiger partial charge in [-0.25, -0.2) is 0 Å². The molecule has 20 heavy (non-hydrogen) atoms. The second kappa shape index (κ2) is 6.15. The Balaban J connectivity index is 1.80. The number of hydrogen-bond donors (Lipinski definition) is 1. The molecule has 1 heterocycles. The van der Waals surface area contributed by atoms with Crippen molar-refractivity contribution in [1.29, 1.82) is 0 Å². The number of phenolic OH excluding ortho intramolecular Hbond substituents is 1. The van der Waals surface area contributed by atoms with E-state index < -0.39 is 0 Å². The van der Waals surface area contributed by atoms with Crippen LogP contribution in [0.15, 0.2) is 18.2 Å². The molecule has 3 rings (SSSR count). The van der Waals surface area contributed by atoms with Gasteiger partial charge in [-0.05, 0) is 55.8 Å². The third-order valence-electron chi connectivity index (χ3n) is 4.76. The highest BCUT2D eigenvalue weighted by Gasteiger charge is 2.29. The van der Waals surface area contributed by atoms with E-state index >= 15 is 0 Å². The molecule has 0 bridgehead atoms. The maximum atomic E-state index is 10.1. The summed E-state index contributed by atoms with van der Waals surface area (Å²) in [5.74, 6) is 0.473. The molecule has 1 fully saturated rings. The normalized spacial score (nSPS) is 25.9. The third kappa shape index (κ3) is 2.70. The van der Waals surface area contributed by atoms with Crippen LogP contribution in [0, 0.1) is 0 Å². The number of ether oxygens (including phenoxy) is 1. The van der Waals surface area contributed by atoms with Gasteiger partial charge in [-0.1, -0.05) is 19.1 Å². The van der Waals surface area contributed by atoms with Gasteiger partial charge >= 0.3 is 0 Å². The standard InChI is InChI=1S/C17H25NO2/c1-2-18(12-13-6-5-11-20-13)16-9-3-8-15-14(16)7-4-10-17(15)19/h4,7,10,13,16,19H,2-3,5-6,8-9,11-12H2,1H3. The molecule has 3 nitrogen and oxygen atoms in total. The third-order valence-corrected chi connectivity index (χ3v) is 4.76. The van der Waals surface area contributed by atoms with E-state index in [0.29, 0.717) is 17.9 Å². The van der Waals surface area contributed by atoms with Crippen molar-refractivity contribution in [3.8, 4) is 5.75 Å². The van der Waals surface area contributed by atoms with Gasteiger partial charge in [0.05, 0.1) is 6.10 Å². The predicted molar refractivity (Wildman–Crippen MR) is 80.0 cm³/mol. The Labute approximate surface area is 121 Å². The first kappa shape index (κ1) is 13.9. The second-order valence-corrected chi connectivity index (χ2v) is 5.98. The van der Waals surface area contributed by atoms with E-state index in [1.807, 2.05) is 12.1 Å². The fourth-order valence-electron chi connectivity index (χ4n) is 3.71. The quantitative estimate of drug-likeness (QED) is 0.915. The summed E-state index contributed by atoms with van der Waals surface area (Å²) in [6.45, 7) is 5.21. The minimum Gasteiger partial charge on any atom is -0.508 e. The van der Waals surface area contributed by atoms with Crippen LogP contribution in [0.3, 0.4) is 0 Å². The van der Waals surface area contributed by atoms with Crippen LogP contribution < -0.4 is 0 Å². The maximum Gasteiger partial charge on any atom is 0.119 e. The molecule has 3 heteroatoms. The molecule has 2 atom stereocenters. The van der Waals surface area contributed by atoms with E-state index in [-0.39, 0.29) is 0 Å². The molecule has 2 unspecified atom stereocenters. The number of benzene rings is 1. The van der Waals surface area contributed by atoms with Crippen molar-refractivity contribution in [3.63, 3.8) is 0 Å². The Morgan fingerprint density at radius 3 is 2.95 bits per heavy atom. The van der Waals surface area contributed by atoms with Crippen LogP contribution in [-0.2, 0) is 11.2 Å². The van der Waals surface area contributed by atoms with E-state index in [4.69, 9.17) is 4.74 Å². The second-order valence-electron chi connectivity index (χ2n) is 5.98. The maximum absolute atomic E-state index is 10.1. The van der Waals surface area contributed by atoms with E-state index in [1.165, 1.54) is 24.8 Å². The van der Waals surface area contributed by atoms with Crippen LogP contribution in [-0.4, -0.2) is 35.8 Å². The Bertz CT molecular complexity index is 454. The largest absolute Gasteiger partial charge is 0.508 e. The predicted octanol–water partition coefficient (Wildman–Crippen LogP) is 3.27. The first-order valence-corrected chi connectivity index (χ1v) is 7.96. The molecule has 0 amide bonds. The highest BCUT2D eigenvalue weighted by molar-refractivity contribution is 5.42. The zero-order valence-electron chi connectivity index (χ0n) is 12.3. The molecule has 0 saturated carbocycles. The Kier molecular flexibility index (Phi) is 4.27. The molecule has 1 N–H and O–H groups in total. The van der Waals surface area contributed by atoms with Crippen molar-refractivity contribution >= 4 is 0 Å². The lowest BCUT2D eigenvalue weighted by Gasteiger charge is -2.36. The minimum absolute atomic E-state index is 0.401. The lowest BCUT2D eigenvalue weighted by molar-refractivity contribution is 0.0552. The van der Waals surface area contributed by atoms with Gasteiger partial charge in [0, 0.05) is 19.2 Å². The van der Waals surface area contributed by atoms with Gasteiger partial charge in [0.2, 0.25) is 0 Å². The SMILES string of the molecule is CCN(CC1CCCO1)C1CCCc2c(O)cccc21. The summed E-state index contributed by atoms with van der Waals surface area (Å²) in [6.07, 6.45) is 6.16. The Morgan fingerprint density at radius 2 is 2.20 bits per heavy atom. The van der Waals surface area contributed by atoms with Crippen LogP contribution in [0.5, 0.6) is 5.75 Å². The molecule has 2 aliphatic rings. The molecule has 0 spiro atoms. The number of fused-ring (bicyclic) bond motifs is 1. The molecule has 0 radical (unpaired) electrons. The topological polar surface area (TPSA) is 32.7 Å². The first-order valence-electron chi connectivity index (χ1n) is 7.96. The van der Waals surface area contributed by atoms with Crippen LogP contribution in [0.2, 0.25) is 0 Å². The van der Waals surface area contributed by atoms with Gasteiger partial charge in [0.25, 0.3) is 0 Å². The van der Waals surface area contributed by atoms with E-state index in [0.717, 1.165) is 38.1 Å². The average Bonchev–Trinajstić information content (AvgIpc) is 2.98. The van der Waals surface area contributed by atoms with E-state index in [1.54, 1.807) is 0 Å². The van der Waals surface area contributed by atoms with Gasteiger partial charge in [0.15, 0.2) is 0 Å². The molecule has 110 valence electrons. The lowest BCUT2D eigenvalue weighted by atomic mass is 9.86. The molecule has 1 aromatic rings. The van der Waals surface area contributed by atoms with E-state index in [9.17, 15) is 5.11 Å². The number of hydrogen-bond acceptors (Lipinski definition) is 3. The molecule has 1 aliphatic heterocycles. The molecular weight excluding hydrogens is 250 g/mol. The summed E-state index contributed by atoms with van der Waals surface area (Å²) in [5, 5.41) is 10.1. The summed E-state index contributed by atoms with van der Waals surface area (Å²) in [5.41, 5.74) is 2.49. The molecular formula is C17H25NO2. The number of likely N-dealkylation sites (N-methyl/N-ethyl adjacent to an activating group) is 1. The fourth-order valence-corrected chi connectivity index (χ4v) is 3.71. The molecule has 1 aromatic carbocycles. The van der Waals surface area contributed by atoms with Gasteiger partial charge in [-0.2, -0.15) is 0 Å². The summed E-state index contributed by atoms with van der Waals surface area (Å²) >= 11 is 0. The molecule has 1 aliphatic carbocycles. The van der Waals surface area contributed by atoms with Crippen molar-refractivity contribution in [2.45, 2.75) is 51.2 Å². The average molecular weight is 275 g/mol. The first-order chi connectivity index (χ1) is 9.79. The number of phenols is 1. The van der Waals surface area contributed by atoms with Crippen LogP contribution in [0.25, 0.3) is 0 Å². The van der Waals surface area contributed by atoms with Crippen molar-refractivity contribution < 1.29 is 9.84 Å². The van der Waals surface area contributed by atoms with Gasteiger partial charge < -0.3 is 9.84 Å². The molecule has 1 saturated heterocycles. The van der Waals surface area contributed by atoms with Crippen molar-refractivity contribution in [2.75, 3.05) is 19.7 Å². The fraction of sp³-hybridized carbons (Fsp3) is 0.647. The summed E-state index contributed by atoms with van der Waals surface area (Å²) in [4.78, 5) is 2.54. The zero-order valence-corrected chi connectivity index (χ0v) is 12.3. The molecule has 0 aromatic heterocycles. The summed E-state index contributed by atoms with van der Waals surface area (Å²) < 4.78 is 5.80. The lowest BCUT2D eigenvalue weighted by Crippen LogP contribution is -2.37. The van der Waals surface area contributed by atoms with Crippen LogP contribution in [0.4, 0.5) is 0 Å². The Morgan fingerprint density at radius 1 is 1.30 bits per heavy atom. The summed E-state index contributed by atoms with van der Waals surface area (Å²) in [7, 11) is 0. The minimum atomic E-state index is 0.401. The number of aromatic hydroxyl groups is 1. The zero-order chi connectivity index (χ0) is 13.9. The van der Waals surface area contributed by atoms with Crippen molar-refractivity contribution in [3.05, 3.63) is 29.3 Å². The van der Waals surface area contributed by atoms with Gasteiger partial charge in [-0.3, -0.25) is 4.90 Å². The highest BCUT2D eigenvalue weighted by Crippen LogP contribution is 2.38. The van der Waals surface area contributed by atoms with Gasteiger partial charge in [-0.15, -0.1) is 0 Å². The van der Waals surface area contributed by atoms with Crippen molar-refractivity contribution in [2.24, 2.45) is 0 Å². The Hall–Kier alpha value is -1.06.